The molecule has 1 aromatic carbocycles. The summed E-state index contributed by atoms with van der Waals surface area (Å²) in [6.45, 7) is 1.59. The van der Waals surface area contributed by atoms with Crippen molar-refractivity contribution in [2.75, 3.05) is 20.3 Å². The van der Waals surface area contributed by atoms with Crippen LogP contribution in [0.15, 0.2) is 24.3 Å². The van der Waals surface area contributed by atoms with Crippen molar-refractivity contribution in [2.24, 2.45) is 5.73 Å². The lowest BCUT2D eigenvalue weighted by Crippen LogP contribution is -2.54. The number of hydrogen-bond donors (Lipinski definition) is 2. The van der Waals surface area contributed by atoms with Crippen LogP contribution in [0, 0.1) is 0 Å². The minimum Gasteiger partial charge on any atom is -0.491 e. The maximum Gasteiger partial charge on any atom is 0.240 e. The van der Waals surface area contributed by atoms with E-state index in [0.717, 1.165) is 37.0 Å². The lowest BCUT2D eigenvalue weighted by Gasteiger charge is -2.31. The molecule has 1 saturated carbocycles. The Hall–Kier alpha value is -1.59. The third kappa shape index (κ3) is 4.71. The van der Waals surface area contributed by atoms with Crippen molar-refractivity contribution < 1.29 is 14.3 Å². The van der Waals surface area contributed by atoms with E-state index in [2.05, 4.69) is 5.32 Å². The molecule has 0 atom stereocenters. The van der Waals surface area contributed by atoms with Gasteiger partial charge >= 0.3 is 0 Å². The number of hydrogen-bond acceptors (Lipinski definition) is 4. The van der Waals surface area contributed by atoms with E-state index < -0.39 is 5.54 Å². The Kier molecular flexibility index (Phi) is 6.21. The van der Waals surface area contributed by atoms with Gasteiger partial charge < -0.3 is 20.5 Å². The van der Waals surface area contributed by atoms with Crippen molar-refractivity contribution in [1.82, 2.24) is 5.32 Å². The predicted octanol–water partition coefficient (Wildman–Crippen LogP) is 1.99. The molecule has 1 fully saturated rings. The van der Waals surface area contributed by atoms with Gasteiger partial charge in [-0.2, -0.15) is 0 Å². The summed E-state index contributed by atoms with van der Waals surface area (Å²) in [7, 11) is 1.64. The molecule has 1 aliphatic rings. The number of carbonyl (C=O) groups excluding carboxylic acids is 1. The van der Waals surface area contributed by atoms with E-state index in [4.69, 9.17) is 15.2 Å². The Bertz CT molecular complexity index is 467. The van der Waals surface area contributed by atoms with Crippen LogP contribution in [0.2, 0.25) is 0 Å². The maximum atomic E-state index is 12.3. The van der Waals surface area contributed by atoms with Crippen LogP contribution in [-0.2, 0) is 16.1 Å². The Morgan fingerprint density at radius 2 is 1.86 bits per heavy atom. The normalized spacial score (nSPS) is 17.0. The summed E-state index contributed by atoms with van der Waals surface area (Å²) in [5.41, 5.74) is 6.57. The van der Waals surface area contributed by atoms with Crippen LogP contribution in [0.25, 0.3) is 0 Å². The summed E-state index contributed by atoms with van der Waals surface area (Å²) in [6, 6.07) is 7.70. The number of rotatable bonds is 7. The van der Waals surface area contributed by atoms with Gasteiger partial charge in [0.05, 0.1) is 12.1 Å². The van der Waals surface area contributed by atoms with Crippen molar-refractivity contribution in [3.63, 3.8) is 0 Å². The van der Waals surface area contributed by atoms with Crippen LogP contribution in [0.4, 0.5) is 0 Å². The molecule has 2 rings (SSSR count). The third-order valence-corrected chi connectivity index (χ3v) is 4.13. The molecule has 0 unspecified atom stereocenters. The highest BCUT2D eigenvalue weighted by atomic mass is 16.5. The van der Waals surface area contributed by atoms with Crippen molar-refractivity contribution in [2.45, 2.75) is 44.2 Å². The van der Waals surface area contributed by atoms with Crippen molar-refractivity contribution in [1.29, 1.82) is 0 Å². The molecule has 0 aliphatic heterocycles. The SMILES string of the molecule is COCCOc1ccc(CNC(=O)C2(N)CCCCC2)cc1. The largest absolute Gasteiger partial charge is 0.491 e. The van der Waals surface area contributed by atoms with E-state index in [0.29, 0.717) is 19.8 Å². The van der Waals surface area contributed by atoms with Crippen molar-refractivity contribution in [3.8, 4) is 5.75 Å². The lowest BCUT2D eigenvalue weighted by atomic mass is 9.82. The fourth-order valence-corrected chi connectivity index (χ4v) is 2.71. The van der Waals surface area contributed by atoms with E-state index in [9.17, 15) is 4.79 Å². The smallest absolute Gasteiger partial charge is 0.240 e. The van der Waals surface area contributed by atoms with E-state index >= 15 is 0 Å². The van der Waals surface area contributed by atoms with Gasteiger partial charge in [-0.15, -0.1) is 0 Å². The molecule has 0 saturated heterocycles. The molecule has 3 N–H and O–H groups in total. The maximum absolute atomic E-state index is 12.3. The van der Waals surface area contributed by atoms with Gasteiger partial charge in [-0.3, -0.25) is 4.79 Å². The van der Waals surface area contributed by atoms with Gasteiger partial charge in [-0.25, -0.2) is 0 Å². The van der Waals surface area contributed by atoms with E-state index in [1.165, 1.54) is 6.42 Å². The average molecular weight is 306 g/mol. The Balaban J connectivity index is 1.79. The van der Waals surface area contributed by atoms with Gasteiger partial charge in [0, 0.05) is 13.7 Å². The van der Waals surface area contributed by atoms with Gasteiger partial charge in [0.15, 0.2) is 0 Å². The molecule has 122 valence electrons. The average Bonchev–Trinajstić information content (AvgIpc) is 2.55. The highest BCUT2D eigenvalue weighted by Crippen LogP contribution is 2.26. The second kappa shape index (κ2) is 8.15. The summed E-state index contributed by atoms with van der Waals surface area (Å²) >= 11 is 0. The Morgan fingerprint density at radius 3 is 2.50 bits per heavy atom. The van der Waals surface area contributed by atoms with Crippen LogP contribution in [0.1, 0.15) is 37.7 Å². The van der Waals surface area contributed by atoms with Gasteiger partial charge in [-0.1, -0.05) is 31.4 Å². The minimum atomic E-state index is -0.679. The number of amides is 1. The quantitative estimate of drug-likeness (QED) is 0.756. The van der Waals surface area contributed by atoms with Gasteiger partial charge in [0.2, 0.25) is 5.91 Å². The monoisotopic (exact) mass is 306 g/mol. The van der Waals surface area contributed by atoms with E-state index in [1.54, 1.807) is 7.11 Å². The Morgan fingerprint density at radius 1 is 1.18 bits per heavy atom. The molecule has 5 heteroatoms. The summed E-state index contributed by atoms with van der Waals surface area (Å²) in [5, 5.41) is 2.96. The molecular formula is C17H26N2O3. The van der Waals surface area contributed by atoms with Crippen LogP contribution >= 0.6 is 0 Å². The topological polar surface area (TPSA) is 73.6 Å². The molecule has 0 spiro atoms. The molecule has 0 aromatic heterocycles. The third-order valence-electron chi connectivity index (χ3n) is 4.13. The molecule has 22 heavy (non-hydrogen) atoms. The van der Waals surface area contributed by atoms with Crippen molar-refractivity contribution in [3.05, 3.63) is 29.8 Å². The number of nitrogens with one attached hydrogen (secondary N) is 1. The van der Waals surface area contributed by atoms with Crippen LogP contribution < -0.4 is 15.8 Å². The summed E-state index contributed by atoms with van der Waals surface area (Å²) in [4.78, 5) is 12.3. The fourth-order valence-electron chi connectivity index (χ4n) is 2.71. The van der Waals surface area contributed by atoms with Gasteiger partial charge in [0.1, 0.15) is 12.4 Å². The molecule has 5 nitrogen and oxygen atoms in total. The number of benzene rings is 1. The molecule has 0 bridgehead atoms. The van der Waals surface area contributed by atoms with Crippen LogP contribution in [0.3, 0.4) is 0 Å². The van der Waals surface area contributed by atoms with E-state index in [1.807, 2.05) is 24.3 Å². The molecule has 1 aromatic rings. The number of ether oxygens (including phenoxy) is 2. The second-order valence-corrected chi connectivity index (χ2v) is 5.88. The molecule has 0 radical (unpaired) electrons. The molecule has 1 amide bonds. The minimum absolute atomic E-state index is 0.0346. The van der Waals surface area contributed by atoms with Gasteiger partial charge in [0.25, 0.3) is 0 Å². The summed E-state index contributed by atoms with van der Waals surface area (Å²) in [6.07, 6.45) is 4.82. The first kappa shape index (κ1) is 16.8. The molecule has 0 heterocycles. The van der Waals surface area contributed by atoms with Crippen LogP contribution in [0.5, 0.6) is 5.75 Å². The standard InChI is InChI=1S/C17H26N2O3/c1-21-11-12-22-15-7-5-14(6-8-15)13-19-16(20)17(18)9-3-2-4-10-17/h5-8H,2-4,9-13,18H2,1H3,(H,19,20). The van der Waals surface area contributed by atoms with E-state index in [-0.39, 0.29) is 5.91 Å². The lowest BCUT2D eigenvalue weighted by molar-refractivity contribution is -0.127. The van der Waals surface area contributed by atoms with Crippen LogP contribution in [-0.4, -0.2) is 31.8 Å². The number of methoxy groups -OCH3 is 1. The molecular weight excluding hydrogens is 280 g/mol. The highest BCUT2D eigenvalue weighted by Gasteiger charge is 2.34. The zero-order valence-corrected chi connectivity index (χ0v) is 13.3. The first-order valence-corrected chi connectivity index (χ1v) is 7.92. The predicted molar refractivity (Wildman–Crippen MR) is 85.7 cm³/mol. The Labute approximate surface area is 132 Å². The first-order chi connectivity index (χ1) is 10.6. The zero-order valence-electron chi connectivity index (χ0n) is 13.3. The summed E-state index contributed by atoms with van der Waals surface area (Å²) in [5.74, 6) is 0.766. The van der Waals surface area contributed by atoms with Gasteiger partial charge in [-0.05, 0) is 30.5 Å². The number of carbonyl (C=O) groups is 1. The first-order valence-electron chi connectivity index (χ1n) is 7.92. The highest BCUT2D eigenvalue weighted by molar-refractivity contribution is 5.86. The fraction of sp³-hybridized carbons (Fsp3) is 0.588. The summed E-state index contributed by atoms with van der Waals surface area (Å²) < 4.78 is 10.4. The number of nitrogens with two attached hydrogens (primary N) is 1. The second-order valence-electron chi connectivity index (χ2n) is 5.88. The molecule has 1 aliphatic carbocycles. The van der Waals surface area contributed by atoms with Crippen molar-refractivity contribution >= 4 is 5.91 Å². The zero-order chi connectivity index (χ0) is 15.8.